The monoisotopic (exact) mass is 390 g/mol. The van der Waals surface area contributed by atoms with Crippen molar-refractivity contribution in [3.8, 4) is 5.75 Å². The van der Waals surface area contributed by atoms with Crippen molar-refractivity contribution in [2.75, 3.05) is 19.0 Å². The number of fused-ring (bicyclic) bond motifs is 1. The number of imidazole rings is 1. The number of esters is 1. The van der Waals surface area contributed by atoms with Crippen LogP contribution in [0.4, 0.5) is 11.4 Å². The van der Waals surface area contributed by atoms with Crippen molar-refractivity contribution < 1.29 is 24.0 Å². The number of rotatable bonds is 7. The highest BCUT2D eigenvalue weighted by Gasteiger charge is 2.15. The Morgan fingerprint density at radius 1 is 1.41 bits per heavy atom. The van der Waals surface area contributed by atoms with Crippen LogP contribution in [0.3, 0.4) is 0 Å². The summed E-state index contributed by atoms with van der Waals surface area (Å²) in [6.07, 6.45) is 3.46. The molecule has 0 unspecified atom stereocenters. The van der Waals surface area contributed by atoms with Gasteiger partial charge in [-0.15, -0.1) is 11.3 Å². The number of hydrogen-bond donors (Lipinski definition) is 1. The summed E-state index contributed by atoms with van der Waals surface area (Å²) in [5.41, 5.74) is 0.442. The number of benzene rings is 1. The van der Waals surface area contributed by atoms with E-state index in [0.717, 1.165) is 11.0 Å². The van der Waals surface area contributed by atoms with Gasteiger partial charge in [0.25, 0.3) is 11.6 Å². The Labute approximate surface area is 156 Å². The molecule has 0 aliphatic carbocycles. The van der Waals surface area contributed by atoms with Crippen LogP contribution >= 0.6 is 11.3 Å². The maximum absolute atomic E-state index is 12.0. The highest BCUT2D eigenvalue weighted by atomic mass is 32.1. The summed E-state index contributed by atoms with van der Waals surface area (Å²) in [5.74, 6) is -1.01. The number of carbonyl (C=O) groups excluding carboxylic acids is 2. The van der Waals surface area contributed by atoms with Gasteiger partial charge >= 0.3 is 5.97 Å². The molecule has 2 aromatic heterocycles. The van der Waals surface area contributed by atoms with Crippen LogP contribution in [0.25, 0.3) is 4.96 Å². The Bertz CT molecular complexity index is 983. The van der Waals surface area contributed by atoms with Crippen LogP contribution in [0.15, 0.2) is 36.0 Å². The van der Waals surface area contributed by atoms with Crippen LogP contribution in [0.2, 0.25) is 0 Å². The molecule has 0 aliphatic rings. The number of carbonyl (C=O) groups is 2. The first-order valence-electron chi connectivity index (χ1n) is 7.65. The lowest BCUT2D eigenvalue weighted by Gasteiger charge is -2.10. The molecule has 0 atom stereocenters. The topological polar surface area (TPSA) is 125 Å². The van der Waals surface area contributed by atoms with Crippen LogP contribution < -0.4 is 10.1 Å². The molecule has 2 heterocycles. The van der Waals surface area contributed by atoms with Crippen molar-refractivity contribution in [2.45, 2.75) is 6.42 Å². The maximum atomic E-state index is 12.0. The minimum absolute atomic E-state index is 0.0676. The third-order valence-corrected chi connectivity index (χ3v) is 4.27. The molecule has 1 amide bonds. The fourth-order valence-electron chi connectivity index (χ4n) is 2.30. The molecule has 11 heteroatoms. The quantitative estimate of drug-likeness (QED) is 0.372. The van der Waals surface area contributed by atoms with Gasteiger partial charge in [-0.1, -0.05) is 0 Å². The van der Waals surface area contributed by atoms with Gasteiger partial charge in [-0.25, -0.2) is 4.98 Å². The van der Waals surface area contributed by atoms with Crippen molar-refractivity contribution in [1.29, 1.82) is 0 Å². The predicted molar refractivity (Wildman–Crippen MR) is 96.0 cm³/mol. The van der Waals surface area contributed by atoms with Crippen molar-refractivity contribution in [3.63, 3.8) is 0 Å². The van der Waals surface area contributed by atoms with Crippen LogP contribution in [-0.4, -0.2) is 39.9 Å². The lowest BCUT2D eigenvalue weighted by molar-refractivity contribution is -0.384. The molecule has 0 saturated heterocycles. The van der Waals surface area contributed by atoms with Crippen molar-refractivity contribution in [1.82, 2.24) is 9.38 Å². The summed E-state index contributed by atoms with van der Waals surface area (Å²) >= 11 is 1.44. The Morgan fingerprint density at radius 2 is 2.22 bits per heavy atom. The Hall–Kier alpha value is -3.47. The molecule has 0 bridgehead atoms. The first kappa shape index (κ1) is 18.3. The number of nitro benzene ring substituents is 1. The summed E-state index contributed by atoms with van der Waals surface area (Å²) in [7, 11) is 1.37. The zero-order valence-electron chi connectivity index (χ0n) is 14.1. The van der Waals surface area contributed by atoms with Gasteiger partial charge in [0.05, 0.1) is 29.8 Å². The average Bonchev–Trinajstić information content (AvgIpc) is 3.21. The van der Waals surface area contributed by atoms with Crippen LogP contribution in [0.5, 0.6) is 5.75 Å². The predicted octanol–water partition coefficient (Wildman–Crippen LogP) is 2.04. The molecule has 27 heavy (non-hydrogen) atoms. The smallest absolute Gasteiger partial charge is 0.312 e. The second-order valence-corrected chi connectivity index (χ2v) is 6.23. The number of amides is 1. The number of methoxy groups -OCH3 is 1. The number of non-ortho nitro benzene ring substituents is 1. The van der Waals surface area contributed by atoms with E-state index < -0.39 is 23.4 Å². The highest BCUT2D eigenvalue weighted by Crippen LogP contribution is 2.28. The number of nitro groups is 1. The number of anilines is 1. The average molecular weight is 390 g/mol. The highest BCUT2D eigenvalue weighted by molar-refractivity contribution is 7.15. The van der Waals surface area contributed by atoms with E-state index in [-0.39, 0.29) is 23.5 Å². The SMILES string of the molecule is COc1ccc([N+](=O)[O-])cc1NC(=O)COC(=O)Cc1cn2ccsc2n1. The number of aromatic nitrogens is 2. The second kappa shape index (κ2) is 7.83. The molecule has 10 nitrogen and oxygen atoms in total. The van der Waals surface area contributed by atoms with Crippen molar-refractivity contribution in [2.24, 2.45) is 0 Å². The first-order valence-corrected chi connectivity index (χ1v) is 8.53. The fraction of sp³-hybridized carbons (Fsp3) is 0.188. The molecule has 1 N–H and O–H groups in total. The summed E-state index contributed by atoms with van der Waals surface area (Å²) < 4.78 is 11.8. The summed E-state index contributed by atoms with van der Waals surface area (Å²) in [4.78, 5) is 39.1. The van der Waals surface area contributed by atoms with Gasteiger partial charge in [0.2, 0.25) is 0 Å². The van der Waals surface area contributed by atoms with E-state index in [0.29, 0.717) is 5.69 Å². The standard InChI is InChI=1S/C16H14N4O6S/c1-25-13-3-2-11(20(23)24)7-12(13)18-14(21)9-26-15(22)6-10-8-19-4-5-27-16(19)17-10/h2-5,7-8H,6,9H2,1H3,(H,18,21). The number of thiazole rings is 1. The third-order valence-electron chi connectivity index (χ3n) is 3.50. The van der Waals surface area contributed by atoms with E-state index in [2.05, 4.69) is 10.3 Å². The number of ether oxygens (including phenoxy) is 2. The van der Waals surface area contributed by atoms with Gasteiger partial charge in [-0.2, -0.15) is 0 Å². The van der Waals surface area contributed by atoms with Gasteiger partial charge in [-0.05, 0) is 6.07 Å². The molecule has 3 aromatic rings. The van der Waals surface area contributed by atoms with Crippen LogP contribution in [-0.2, 0) is 20.7 Å². The Morgan fingerprint density at radius 3 is 2.93 bits per heavy atom. The van der Waals surface area contributed by atoms with Gasteiger partial charge in [0, 0.05) is 29.9 Å². The summed E-state index contributed by atoms with van der Waals surface area (Å²) in [5, 5.41) is 15.1. The Kier molecular flexibility index (Phi) is 5.31. The Balaban J connectivity index is 1.56. The number of nitrogens with zero attached hydrogens (tertiary/aromatic N) is 3. The molecule has 3 rings (SSSR count). The first-order chi connectivity index (χ1) is 13.0. The second-order valence-electron chi connectivity index (χ2n) is 5.35. The van der Waals surface area contributed by atoms with E-state index in [1.54, 1.807) is 10.6 Å². The van der Waals surface area contributed by atoms with Gasteiger partial charge in [-0.3, -0.25) is 24.1 Å². The summed E-state index contributed by atoms with van der Waals surface area (Å²) in [6.45, 7) is -0.535. The third kappa shape index (κ3) is 4.39. The molecule has 0 aliphatic heterocycles. The van der Waals surface area contributed by atoms with Gasteiger partial charge in [0.1, 0.15) is 5.75 Å². The molecule has 0 saturated carbocycles. The summed E-state index contributed by atoms with van der Waals surface area (Å²) in [6, 6.07) is 3.78. The lowest BCUT2D eigenvalue weighted by Crippen LogP contribution is -2.22. The lowest BCUT2D eigenvalue weighted by atomic mass is 10.2. The van der Waals surface area contributed by atoms with E-state index in [1.165, 1.54) is 30.6 Å². The zero-order chi connectivity index (χ0) is 19.4. The zero-order valence-corrected chi connectivity index (χ0v) is 14.9. The number of nitrogens with one attached hydrogen (secondary N) is 1. The van der Waals surface area contributed by atoms with Crippen LogP contribution in [0, 0.1) is 10.1 Å². The molecule has 0 fully saturated rings. The van der Waals surface area contributed by atoms with E-state index in [9.17, 15) is 19.7 Å². The van der Waals surface area contributed by atoms with Crippen molar-refractivity contribution >= 4 is 39.5 Å². The van der Waals surface area contributed by atoms with Gasteiger partial charge in [0.15, 0.2) is 11.6 Å². The van der Waals surface area contributed by atoms with Gasteiger partial charge < -0.3 is 14.8 Å². The minimum atomic E-state index is -0.645. The normalized spacial score (nSPS) is 10.6. The van der Waals surface area contributed by atoms with Crippen molar-refractivity contribution in [3.05, 3.63) is 51.8 Å². The van der Waals surface area contributed by atoms with E-state index in [1.807, 2.05) is 11.6 Å². The fourth-order valence-corrected chi connectivity index (χ4v) is 3.02. The maximum Gasteiger partial charge on any atom is 0.312 e. The largest absolute Gasteiger partial charge is 0.495 e. The molecule has 1 aromatic carbocycles. The number of hydrogen-bond acceptors (Lipinski definition) is 8. The van der Waals surface area contributed by atoms with E-state index >= 15 is 0 Å². The molecular weight excluding hydrogens is 376 g/mol. The van der Waals surface area contributed by atoms with E-state index in [4.69, 9.17) is 9.47 Å². The molecule has 0 spiro atoms. The minimum Gasteiger partial charge on any atom is -0.495 e. The molecular formula is C16H14N4O6S. The van der Waals surface area contributed by atoms with Crippen LogP contribution in [0.1, 0.15) is 5.69 Å². The molecule has 0 radical (unpaired) electrons. The molecule has 140 valence electrons.